The zero-order valence-electron chi connectivity index (χ0n) is 16.7. The number of amides is 2. The molecule has 1 heterocycles. The molecule has 6 nitrogen and oxygen atoms in total. The summed E-state index contributed by atoms with van der Waals surface area (Å²) in [7, 11) is 0. The van der Waals surface area contributed by atoms with Crippen LogP contribution >= 0.6 is 22.9 Å². The fraction of sp³-hybridized carbons (Fsp3) is 0.261. The van der Waals surface area contributed by atoms with E-state index in [1.807, 2.05) is 30.5 Å². The number of benzene rings is 2. The lowest BCUT2D eigenvalue weighted by molar-refractivity contribution is -0.135. The number of hydrogen-bond acceptors (Lipinski definition) is 5. The first kappa shape index (κ1) is 21.3. The highest BCUT2D eigenvalue weighted by molar-refractivity contribution is 7.15. The van der Waals surface area contributed by atoms with Crippen LogP contribution in [0, 0.1) is 0 Å². The third-order valence-corrected chi connectivity index (χ3v) is 6.79. The Balaban J connectivity index is 1.33. The Labute approximate surface area is 189 Å². The lowest BCUT2D eigenvalue weighted by Gasteiger charge is -2.25. The van der Waals surface area contributed by atoms with Crippen LogP contribution in [0.2, 0.25) is 5.02 Å². The van der Waals surface area contributed by atoms with Crippen molar-refractivity contribution in [3.63, 3.8) is 0 Å². The number of rotatable bonds is 6. The summed E-state index contributed by atoms with van der Waals surface area (Å²) in [5.74, 6) is 0.419. The van der Waals surface area contributed by atoms with E-state index in [4.69, 9.17) is 16.3 Å². The SMILES string of the molecule is O=COC1CCC(c2ncc(-c3ccc(NC(=O)Nc4ccc(Cl)cc4)cc3)s2)CC1. The van der Waals surface area contributed by atoms with Crippen LogP contribution < -0.4 is 10.6 Å². The van der Waals surface area contributed by atoms with Crippen LogP contribution in [0.3, 0.4) is 0 Å². The van der Waals surface area contributed by atoms with Gasteiger partial charge in [-0.05, 0) is 67.6 Å². The summed E-state index contributed by atoms with van der Waals surface area (Å²) in [6.07, 6.45) is 5.69. The topological polar surface area (TPSA) is 80.3 Å². The van der Waals surface area contributed by atoms with Crippen molar-refractivity contribution in [3.05, 3.63) is 64.8 Å². The number of nitrogens with one attached hydrogen (secondary N) is 2. The maximum absolute atomic E-state index is 12.2. The average Bonchev–Trinajstić information content (AvgIpc) is 3.27. The Kier molecular flexibility index (Phi) is 6.84. The molecule has 4 rings (SSSR count). The van der Waals surface area contributed by atoms with Crippen LogP contribution in [0.1, 0.15) is 36.6 Å². The smallest absolute Gasteiger partial charge is 0.323 e. The van der Waals surface area contributed by atoms with Crippen molar-refractivity contribution in [2.45, 2.75) is 37.7 Å². The number of nitrogens with zero attached hydrogens (tertiary/aromatic N) is 1. The first-order valence-electron chi connectivity index (χ1n) is 10.1. The number of aromatic nitrogens is 1. The molecule has 1 aromatic heterocycles. The van der Waals surface area contributed by atoms with Crippen LogP contribution in [-0.4, -0.2) is 23.6 Å². The number of anilines is 2. The highest BCUT2D eigenvalue weighted by Crippen LogP contribution is 2.38. The van der Waals surface area contributed by atoms with Crippen LogP contribution in [0.15, 0.2) is 54.7 Å². The molecule has 1 fully saturated rings. The minimum atomic E-state index is -0.315. The summed E-state index contributed by atoms with van der Waals surface area (Å²) in [4.78, 5) is 28.4. The van der Waals surface area contributed by atoms with Crippen molar-refractivity contribution in [2.75, 3.05) is 10.6 Å². The van der Waals surface area contributed by atoms with E-state index in [-0.39, 0.29) is 12.1 Å². The van der Waals surface area contributed by atoms with Gasteiger partial charge in [0.15, 0.2) is 0 Å². The quantitative estimate of drug-likeness (QED) is 0.427. The average molecular weight is 456 g/mol. The fourth-order valence-electron chi connectivity index (χ4n) is 3.68. The van der Waals surface area contributed by atoms with Gasteiger partial charge in [0.1, 0.15) is 6.10 Å². The van der Waals surface area contributed by atoms with Gasteiger partial charge in [0.2, 0.25) is 0 Å². The summed E-state index contributed by atoms with van der Waals surface area (Å²) >= 11 is 7.56. The van der Waals surface area contributed by atoms with Crippen molar-refractivity contribution in [2.24, 2.45) is 0 Å². The van der Waals surface area contributed by atoms with E-state index in [0.717, 1.165) is 41.1 Å². The minimum Gasteiger partial charge on any atom is -0.465 e. The first-order chi connectivity index (χ1) is 15.1. The largest absolute Gasteiger partial charge is 0.465 e. The molecule has 2 aromatic carbocycles. The molecule has 0 atom stereocenters. The lowest BCUT2D eigenvalue weighted by atomic mass is 9.88. The van der Waals surface area contributed by atoms with Gasteiger partial charge < -0.3 is 15.4 Å². The molecule has 160 valence electrons. The van der Waals surface area contributed by atoms with Crippen molar-refractivity contribution in [3.8, 4) is 10.4 Å². The van der Waals surface area contributed by atoms with E-state index < -0.39 is 0 Å². The number of urea groups is 1. The third-order valence-electron chi connectivity index (χ3n) is 5.32. The molecule has 0 saturated heterocycles. The molecule has 1 aliphatic rings. The van der Waals surface area contributed by atoms with Crippen molar-refractivity contribution in [1.82, 2.24) is 4.98 Å². The van der Waals surface area contributed by atoms with E-state index in [1.165, 1.54) is 0 Å². The number of carbonyl (C=O) groups is 2. The van der Waals surface area contributed by atoms with Gasteiger partial charge in [-0.25, -0.2) is 9.78 Å². The number of carbonyl (C=O) groups excluding carboxylic acids is 2. The third kappa shape index (κ3) is 5.62. The van der Waals surface area contributed by atoms with E-state index in [2.05, 4.69) is 15.6 Å². The summed E-state index contributed by atoms with van der Waals surface area (Å²) in [6.45, 7) is 0.548. The van der Waals surface area contributed by atoms with Gasteiger partial charge in [-0.1, -0.05) is 23.7 Å². The summed E-state index contributed by atoms with van der Waals surface area (Å²) in [5, 5.41) is 7.34. The van der Waals surface area contributed by atoms with Gasteiger partial charge in [0.05, 0.1) is 9.88 Å². The molecule has 0 unspecified atom stereocenters. The summed E-state index contributed by atoms with van der Waals surface area (Å²) in [6, 6.07) is 14.3. The van der Waals surface area contributed by atoms with Gasteiger partial charge in [-0.3, -0.25) is 4.79 Å². The predicted molar refractivity (Wildman–Crippen MR) is 124 cm³/mol. The molecular formula is C23H22ClN3O3S. The van der Waals surface area contributed by atoms with Gasteiger partial charge in [0, 0.05) is 28.5 Å². The van der Waals surface area contributed by atoms with E-state index in [9.17, 15) is 9.59 Å². The molecule has 1 aliphatic carbocycles. The van der Waals surface area contributed by atoms with Gasteiger partial charge >= 0.3 is 6.03 Å². The second kappa shape index (κ2) is 9.94. The molecule has 0 radical (unpaired) electrons. The lowest BCUT2D eigenvalue weighted by Crippen LogP contribution is -2.20. The fourth-order valence-corrected chi connectivity index (χ4v) is 4.90. The molecule has 8 heteroatoms. The molecule has 0 bridgehead atoms. The van der Waals surface area contributed by atoms with Crippen molar-refractivity contribution >= 4 is 46.8 Å². The predicted octanol–water partition coefficient (Wildman–Crippen LogP) is 6.31. The first-order valence-corrected chi connectivity index (χ1v) is 11.3. The highest BCUT2D eigenvalue weighted by Gasteiger charge is 2.25. The van der Waals surface area contributed by atoms with E-state index in [0.29, 0.717) is 28.8 Å². The van der Waals surface area contributed by atoms with Gasteiger partial charge in [-0.15, -0.1) is 11.3 Å². The molecule has 0 aliphatic heterocycles. The van der Waals surface area contributed by atoms with Crippen LogP contribution in [0.4, 0.5) is 16.2 Å². The maximum atomic E-state index is 12.2. The highest BCUT2D eigenvalue weighted by atomic mass is 35.5. The number of halogens is 1. The normalized spacial score (nSPS) is 18.2. The Morgan fingerprint density at radius 2 is 1.61 bits per heavy atom. The number of hydrogen-bond donors (Lipinski definition) is 2. The van der Waals surface area contributed by atoms with Gasteiger partial charge in [-0.2, -0.15) is 0 Å². The molecule has 0 spiro atoms. The van der Waals surface area contributed by atoms with Crippen LogP contribution in [0.5, 0.6) is 0 Å². The summed E-state index contributed by atoms with van der Waals surface area (Å²) < 4.78 is 5.08. The molecule has 2 N–H and O–H groups in total. The number of ether oxygens (including phenoxy) is 1. The van der Waals surface area contributed by atoms with Crippen LogP contribution in [0.25, 0.3) is 10.4 Å². The minimum absolute atomic E-state index is 0.0464. The zero-order valence-corrected chi connectivity index (χ0v) is 18.3. The molecule has 2 amide bonds. The maximum Gasteiger partial charge on any atom is 0.323 e. The second-order valence-electron chi connectivity index (χ2n) is 7.43. The summed E-state index contributed by atoms with van der Waals surface area (Å²) in [5.41, 5.74) is 2.43. The Morgan fingerprint density at radius 3 is 2.23 bits per heavy atom. The molecule has 31 heavy (non-hydrogen) atoms. The molecule has 1 saturated carbocycles. The van der Waals surface area contributed by atoms with Crippen LogP contribution in [-0.2, 0) is 9.53 Å². The standard InChI is InChI=1S/C23H22ClN3O3S/c24-17-5-9-19(10-6-17)27-23(29)26-18-7-1-15(2-8-18)21-13-25-22(31-21)16-3-11-20(12-4-16)30-14-28/h1-2,5-10,13-14,16,20H,3-4,11-12H2,(H2,26,27,29). The van der Waals surface area contributed by atoms with Crippen molar-refractivity contribution in [1.29, 1.82) is 0 Å². The van der Waals surface area contributed by atoms with Crippen molar-refractivity contribution < 1.29 is 14.3 Å². The Bertz CT molecular complexity index is 1030. The molecular weight excluding hydrogens is 434 g/mol. The zero-order chi connectivity index (χ0) is 21.6. The second-order valence-corrected chi connectivity index (χ2v) is 8.93. The van der Waals surface area contributed by atoms with E-state index in [1.54, 1.807) is 35.6 Å². The van der Waals surface area contributed by atoms with E-state index >= 15 is 0 Å². The Hall–Kier alpha value is -2.90. The Morgan fingerprint density at radius 1 is 1.00 bits per heavy atom. The monoisotopic (exact) mass is 455 g/mol. The number of thiazole rings is 1. The molecule has 3 aromatic rings. The van der Waals surface area contributed by atoms with Gasteiger partial charge in [0.25, 0.3) is 6.47 Å².